The Balaban J connectivity index is 1.49. The highest BCUT2D eigenvalue weighted by Crippen LogP contribution is 2.28. The van der Waals surface area contributed by atoms with Crippen molar-refractivity contribution in [3.63, 3.8) is 0 Å². The third-order valence-electron chi connectivity index (χ3n) is 6.21. The fourth-order valence-corrected chi connectivity index (χ4v) is 5.17. The van der Waals surface area contributed by atoms with Crippen molar-refractivity contribution in [1.29, 1.82) is 0 Å². The van der Waals surface area contributed by atoms with E-state index in [0.29, 0.717) is 15.7 Å². The van der Waals surface area contributed by atoms with E-state index < -0.39 is 22.9 Å². The topological polar surface area (TPSA) is 90.5 Å². The zero-order chi connectivity index (χ0) is 30.9. The molecule has 0 saturated carbocycles. The zero-order valence-corrected chi connectivity index (χ0v) is 26.1. The molecule has 10 heteroatoms. The van der Waals surface area contributed by atoms with Crippen LogP contribution in [0.3, 0.4) is 0 Å². The van der Waals surface area contributed by atoms with E-state index in [9.17, 15) is 18.8 Å². The van der Waals surface area contributed by atoms with E-state index in [0.717, 1.165) is 16.1 Å². The lowest BCUT2D eigenvalue weighted by Crippen LogP contribution is -2.30. The van der Waals surface area contributed by atoms with Crippen molar-refractivity contribution >= 4 is 68.6 Å². The van der Waals surface area contributed by atoms with Crippen LogP contribution in [0.25, 0.3) is 6.08 Å². The molecule has 0 aliphatic heterocycles. The first kappa shape index (κ1) is 31.5. The van der Waals surface area contributed by atoms with Gasteiger partial charge in [-0.1, -0.05) is 52.3 Å². The van der Waals surface area contributed by atoms with Gasteiger partial charge in [-0.3, -0.25) is 14.4 Å². The number of benzene rings is 4. The number of halogens is 2. The second-order valence-corrected chi connectivity index (χ2v) is 12.0. The van der Waals surface area contributed by atoms with Crippen LogP contribution in [0, 0.1) is 5.82 Å². The number of rotatable bonds is 10. The van der Waals surface area contributed by atoms with Crippen molar-refractivity contribution in [2.24, 2.45) is 0 Å². The summed E-state index contributed by atoms with van der Waals surface area (Å²) in [6, 6.07) is 27.6. The highest BCUT2D eigenvalue weighted by molar-refractivity contribution is 9.10. The molecule has 0 aliphatic carbocycles. The summed E-state index contributed by atoms with van der Waals surface area (Å²) in [6.45, 7) is 1.71. The van der Waals surface area contributed by atoms with Crippen LogP contribution in [0.15, 0.2) is 112 Å². The van der Waals surface area contributed by atoms with Gasteiger partial charge in [0.25, 0.3) is 11.8 Å². The van der Waals surface area contributed by atoms with Crippen LogP contribution in [0.2, 0.25) is 0 Å². The fraction of sp³-hybridized carbons (Fsp3) is 0.121. The van der Waals surface area contributed by atoms with Crippen molar-refractivity contribution in [2.45, 2.75) is 17.1 Å². The first-order chi connectivity index (χ1) is 20.6. The number of nitrogens with one attached hydrogen (secondary N) is 3. The Morgan fingerprint density at radius 2 is 1.60 bits per heavy atom. The smallest absolute Gasteiger partial charge is 0.272 e. The zero-order valence-electron chi connectivity index (χ0n) is 23.7. The van der Waals surface area contributed by atoms with E-state index in [-0.39, 0.29) is 17.3 Å². The van der Waals surface area contributed by atoms with Crippen molar-refractivity contribution in [1.82, 2.24) is 5.32 Å². The summed E-state index contributed by atoms with van der Waals surface area (Å²) in [6.07, 6.45) is 1.61. The van der Waals surface area contributed by atoms with Gasteiger partial charge in [0.1, 0.15) is 11.5 Å². The SMILES string of the molecule is CC(Sc1cccc(NC(=O)/C(=C\c2ccc(N(C)C)cc2)NC(=O)c2ccccc2)c1)C(=O)Nc1ccc(Br)cc1F. The molecule has 220 valence electrons. The van der Waals surface area contributed by atoms with E-state index in [1.165, 1.54) is 23.9 Å². The van der Waals surface area contributed by atoms with Crippen LogP contribution in [-0.2, 0) is 9.59 Å². The monoisotopic (exact) mass is 660 g/mol. The second kappa shape index (κ2) is 14.7. The van der Waals surface area contributed by atoms with E-state index in [4.69, 9.17) is 0 Å². The molecule has 4 rings (SSSR count). The van der Waals surface area contributed by atoms with Crippen LogP contribution < -0.4 is 20.9 Å². The number of anilines is 3. The summed E-state index contributed by atoms with van der Waals surface area (Å²) in [4.78, 5) is 41.8. The minimum atomic E-state index is -0.556. The van der Waals surface area contributed by atoms with E-state index >= 15 is 0 Å². The highest BCUT2D eigenvalue weighted by atomic mass is 79.9. The number of hydrogen-bond acceptors (Lipinski definition) is 5. The molecule has 3 amide bonds. The fourth-order valence-electron chi connectivity index (χ4n) is 3.91. The average molecular weight is 662 g/mol. The molecular weight excluding hydrogens is 631 g/mol. The van der Waals surface area contributed by atoms with Crippen LogP contribution in [0.5, 0.6) is 0 Å². The quantitative estimate of drug-likeness (QED) is 0.124. The summed E-state index contributed by atoms with van der Waals surface area (Å²) >= 11 is 4.46. The predicted molar refractivity (Wildman–Crippen MR) is 176 cm³/mol. The van der Waals surface area contributed by atoms with Gasteiger partial charge in [-0.15, -0.1) is 11.8 Å². The van der Waals surface area contributed by atoms with Gasteiger partial charge in [0.2, 0.25) is 5.91 Å². The van der Waals surface area contributed by atoms with E-state index in [1.807, 2.05) is 49.3 Å². The predicted octanol–water partition coefficient (Wildman–Crippen LogP) is 7.18. The molecule has 1 atom stereocenters. The molecule has 0 saturated heterocycles. The number of thioether (sulfide) groups is 1. The Morgan fingerprint density at radius 1 is 0.884 bits per heavy atom. The molecule has 4 aromatic rings. The van der Waals surface area contributed by atoms with Crippen molar-refractivity contribution < 1.29 is 18.8 Å². The summed E-state index contributed by atoms with van der Waals surface area (Å²) in [5, 5.41) is 7.64. The maximum atomic E-state index is 14.2. The molecule has 43 heavy (non-hydrogen) atoms. The molecule has 3 N–H and O–H groups in total. The lowest BCUT2D eigenvalue weighted by molar-refractivity contribution is -0.115. The summed E-state index contributed by atoms with van der Waals surface area (Å²) in [5.74, 6) is -1.84. The Bertz CT molecular complexity index is 1650. The minimum Gasteiger partial charge on any atom is -0.378 e. The molecule has 4 aromatic carbocycles. The summed E-state index contributed by atoms with van der Waals surface area (Å²) in [5.41, 5.74) is 2.78. The van der Waals surface area contributed by atoms with Gasteiger partial charge in [0.15, 0.2) is 0 Å². The first-order valence-corrected chi connectivity index (χ1v) is 15.0. The molecule has 1 unspecified atom stereocenters. The third kappa shape index (κ3) is 9.04. The molecule has 7 nitrogen and oxygen atoms in total. The first-order valence-electron chi connectivity index (χ1n) is 13.3. The molecule has 0 bridgehead atoms. The number of nitrogens with zero attached hydrogens (tertiary/aromatic N) is 1. The molecule has 0 aromatic heterocycles. The van der Waals surface area contributed by atoms with Crippen molar-refractivity contribution in [3.05, 3.63) is 124 Å². The molecule has 0 heterocycles. The second-order valence-electron chi connectivity index (χ2n) is 9.72. The van der Waals surface area contributed by atoms with Gasteiger partial charge in [-0.2, -0.15) is 0 Å². The largest absolute Gasteiger partial charge is 0.378 e. The molecular formula is C33H30BrFN4O3S. The van der Waals surface area contributed by atoms with Crippen LogP contribution in [0.1, 0.15) is 22.8 Å². The third-order valence-corrected chi connectivity index (χ3v) is 7.80. The summed E-state index contributed by atoms with van der Waals surface area (Å²) in [7, 11) is 3.87. The Labute approximate surface area is 262 Å². The standard InChI is InChI=1S/C33H30BrFN4O3S/c1-21(31(40)37-29-17-14-24(34)19-28(29)35)43-27-11-7-10-25(20-27)36-33(42)30(38-32(41)23-8-5-4-6-9-23)18-22-12-15-26(16-13-22)39(2)3/h4-21H,1-3H3,(H,36,42)(H,37,40)(H,38,41)/b30-18+. The van der Waals surface area contributed by atoms with E-state index in [1.54, 1.807) is 67.6 Å². The molecule has 0 fully saturated rings. The number of hydrogen-bond donors (Lipinski definition) is 3. The van der Waals surface area contributed by atoms with Gasteiger partial charge in [-0.25, -0.2) is 4.39 Å². The maximum Gasteiger partial charge on any atom is 0.272 e. The van der Waals surface area contributed by atoms with Crippen LogP contribution >= 0.6 is 27.7 Å². The number of amides is 3. The Kier molecular flexibility index (Phi) is 10.7. The van der Waals surface area contributed by atoms with Gasteiger partial charge in [0, 0.05) is 40.4 Å². The highest BCUT2D eigenvalue weighted by Gasteiger charge is 2.18. The van der Waals surface area contributed by atoms with Crippen LogP contribution in [-0.4, -0.2) is 37.1 Å². The lowest BCUT2D eigenvalue weighted by Gasteiger charge is -2.15. The lowest BCUT2D eigenvalue weighted by atomic mass is 10.1. The minimum absolute atomic E-state index is 0.0637. The summed E-state index contributed by atoms with van der Waals surface area (Å²) < 4.78 is 14.8. The van der Waals surface area contributed by atoms with Gasteiger partial charge in [-0.05, 0) is 79.2 Å². The van der Waals surface area contributed by atoms with Gasteiger partial charge in [0.05, 0.1) is 10.9 Å². The van der Waals surface area contributed by atoms with Crippen molar-refractivity contribution in [3.8, 4) is 0 Å². The average Bonchev–Trinajstić information content (AvgIpc) is 2.99. The van der Waals surface area contributed by atoms with E-state index in [2.05, 4.69) is 31.9 Å². The number of carbonyl (C=O) groups is 3. The Morgan fingerprint density at radius 3 is 2.28 bits per heavy atom. The molecule has 0 spiro atoms. The van der Waals surface area contributed by atoms with Gasteiger partial charge < -0.3 is 20.9 Å². The Hall–Kier alpha value is -4.41. The van der Waals surface area contributed by atoms with Crippen LogP contribution in [0.4, 0.5) is 21.5 Å². The normalized spacial score (nSPS) is 11.8. The number of carbonyl (C=O) groups excluding carboxylic acids is 3. The van der Waals surface area contributed by atoms with Crippen molar-refractivity contribution in [2.75, 3.05) is 29.6 Å². The maximum absolute atomic E-state index is 14.2. The molecule has 0 aliphatic rings. The molecule has 0 radical (unpaired) electrons. The van der Waals surface area contributed by atoms with Gasteiger partial charge >= 0.3 is 0 Å².